The summed E-state index contributed by atoms with van der Waals surface area (Å²) in [6.07, 6.45) is 2.10. The van der Waals surface area contributed by atoms with E-state index in [1.807, 2.05) is 12.1 Å². The minimum atomic E-state index is 0.915. The average molecular weight is 265 g/mol. The Kier molecular flexibility index (Phi) is 3.46. The number of hydrogen-bond donors (Lipinski definition) is 0. The molecule has 1 heterocycles. The molecule has 3 rings (SSSR count). The summed E-state index contributed by atoms with van der Waals surface area (Å²) < 4.78 is 7.48. The molecule has 0 saturated carbocycles. The molecule has 0 fully saturated rings. The Morgan fingerprint density at radius 3 is 2.40 bits per heavy atom. The van der Waals surface area contributed by atoms with Crippen LogP contribution >= 0.6 is 0 Å². The van der Waals surface area contributed by atoms with Gasteiger partial charge in [-0.3, -0.25) is 0 Å². The van der Waals surface area contributed by atoms with E-state index < -0.39 is 0 Å². The Morgan fingerprint density at radius 2 is 1.70 bits per heavy atom. The summed E-state index contributed by atoms with van der Waals surface area (Å²) >= 11 is 0. The maximum Gasteiger partial charge on any atom is 0.118 e. The van der Waals surface area contributed by atoms with E-state index in [2.05, 4.69) is 54.1 Å². The van der Waals surface area contributed by atoms with Crippen molar-refractivity contribution >= 4 is 10.9 Å². The quantitative estimate of drug-likeness (QED) is 0.696. The predicted octanol–water partition coefficient (Wildman–Crippen LogP) is 3.97. The highest BCUT2D eigenvalue weighted by atomic mass is 16.5. The number of hydrogen-bond acceptors (Lipinski definition) is 1. The van der Waals surface area contributed by atoms with Gasteiger partial charge in [0, 0.05) is 18.3 Å². The van der Waals surface area contributed by atoms with Gasteiger partial charge >= 0.3 is 0 Å². The summed E-state index contributed by atoms with van der Waals surface area (Å²) in [5.41, 5.74) is 4.02. The molecule has 0 bridgehead atoms. The van der Waals surface area contributed by atoms with Gasteiger partial charge in [0.2, 0.25) is 0 Å². The minimum Gasteiger partial charge on any atom is -0.497 e. The van der Waals surface area contributed by atoms with Crippen molar-refractivity contribution in [3.8, 4) is 5.75 Å². The number of para-hydroxylation sites is 1. The van der Waals surface area contributed by atoms with Crippen LogP contribution in [-0.4, -0.2) is 11.7 Å². The Labute approximate surface area is 119 Å². The first kappa shape index (κ1) is 12.8. The van der Waals surface area contributed by atoms with Crippen LogP contribution < -0.4 is 4.74 Å². The smallest absolute Gasteiger partial charge is 0.118 e. The van der Waals surface area contributed by atoms with Gasteiger partial charge in [-0.15, -0.1) is 0 Å². The number of aryl methyl sites for hydroxylation is 3. The lowest BCUT2D eigenvalue weighted by molar-refractivity contribution is 0.414. The summed E-state index contributed by atoms with van der Waals surface area (Å²) in [4.78, 5) is 0. The van der Waals surface area contributed by atoms with E-state index in [9.17, 15) is 0 Å². The maximum absolute atomic E-state index is 5.19. The van der Waals surface area contributed by atoms with Gasteiger partial charge in [0.25, 0.3) is 0 Å². The molecular formula is C18H19NO. The lowest BCUT2D eigenvalue weighted by Gasteiger charge is -2.05. The summed E-state index contributed by atoms with van der Waals surface area (Å²) in [6, 6.07) is 19.2. The molecule has 0 atom stereocenters. The Bertz CT molecular complexity index is 710. The number of benzene rings is 2. The molecule has 0 N–H and O–H groups in total. The van der Waals surface area contributed by atoms with Crippen molar-refractivity contribution in [3.05, 3.63) is 65.9 Å². The van der Waals surface area contributed by atoms with Crippen LogP contribution in [0.25, 0.3) is 10.9 Å². The first-order valence-corrected chi connectivity index (χ1v) is 6.94. The molecule has 0 aliphatic heterocycles. The van der Waals surface area contributed by atoms with Gasteiger partial charge in [-0.05, 0) is 48.1 Å². The van der Waals surface area contributed by atoms with E-state index in [1.165, 1.54) is 22.2 Å². The number of aromatic nitrogens is 1. The van der Waals surface area contributed by atoms with Gasteiger partial charge in [0.1, 0.15) is 5.75 Å². The van der Waals surface area contributed by atoms with Gasteiger partial charge in [0.15, 0.2) is 0 Å². The Morgan fingerprint density at radius 1 is 0.950 bits per heavy atom. The zero-order chi connectivity index (χ0) is 13.9. The molecule has 0 unspecified atom stereocenters. The van der Waals surface area contributed by atoms with E-state index in [-0.39, 0.29) is 0 Å². The van der Waals surface area contributed by atoms with Crippen LogP contribution in [-0.2, 0) is 19.9 Å². The third-order valence-electron chi connectivity index (χ3n) is 3.88. The van der Waals surface area contributed by atoms with E-state index in [0.29, 0.717) is 0 Å². The van der Waals surface area contributed by atoms with Gasteiger partial charge < -0.3 is 9.30 Å². The monoisotopic (exact) mass is 265 g/mol. The van der Waals surface area contributed by atoms with Crippen LogP contribution in [0.1, 0.15) is 11.3 Å². The van der Waals surface area contributed by atoms with Crippen LogP contribution in [0.3, 0.4) is 0 Å². The highest BCUT2D eigenvalue weighted by Gasteiger charge is 2.05. The third kappa shape index (κ3) is 2.42. The van der Waals surface area contributed by atoms with Crippen molar-refractivity contribution < 1.29 is 4.74 Å². The molecule has 3 aromatic rings. The fourth-order valence-electron chi connectivity index (χ4n) is 2.65. The topological polar surface area (TPSA) is 14.2 Å². The van der Waals surface area contributed by atoms with Gasteiger partial charge in [0.05, 0.1) is 7.11 Å². The molecule has 0 saturated heterocycles. The number of nitrogens with zero attached hydrogens (tertiary/aromatic N) is 1. The Hall–Kier alpha value is -2.22. The van der Waals surface area contributed by atoms with E-state index >= 15 is 0 Å². The summed E-state index contributed by atoms with van der Waals surface area (Å²) in [7, 11) is 3.84. The van der Waals surface area contributed by atoms with E-state index in [4.69, 9.17) is 4.74 Å². The standard InChI is InChI=1S/C18H19NO/c1-19-16(13-15-5-3-4-6-18(15)19)10-7-14-8-11-17(20-2)12-9-14/h3-6,8-9,11-13H,7,10H2,1-2H3. The highest BCUT2D eigenvalue weighted by Crippen LogP contribution is 2.20. The molecule has 0 amide bonds. The third-order valence-corrected chi connectivity index (χ3v) is 3.88. The molecule has 20 heavy (non-hydrogen) atoms. The first-order chi connectivity index (χ1) is 9.78. The highest BCUT2D eigenvalue weighted by molar-refractivity contribution is 5.81. The fraction of sp³-hybridized carbons (Fsp3) is 0.222. The van der Waals surface area contributed by atoms with Gasteiger partial charge in [-0.25, -0.2) is 0 Å². The fourth-order valence-corrected chi connectivity index (χ4v) is 2.65. The normalized spacial score (nSPS) is 10.9. The molecule has 102 valence electrons. The number of ether oxygens (including phenoxy) is 1. The molecule has 2 aromatic carbocycles. The van der Waals surface area contributed by atoms with Crippen LogP contribution in [0.15, 0.2) is 54.6 Å². The molecule has 2 heteroatoms. The van der Waals surface area contributed by atoms with Crippen LogP contribution in [0.4, 0.5) is 0 Å². The number of fused-ring (bicyclic) bond motifs is 1. The Balaban J connectivity index is 1.77. The summed E-state index contributed by atoms with van der Waals surface area (Å²) in [5.74, 6) is 0.915. The molecule has 0 aliphatic rings. The van der Waals surface area contributed by atoms with E-state index in [1.54, 1.807) is 7.11 Å². The van der Waals surface area contributed by atoms with Crippen LogP contribution in [0.5, 0.6) is 5.75 Å². The molecular weight excluding hydrogens is 246 g/mol. The van der Waals surface area contributed by atoms with Crippen molar-refractivity contribution in [3.63, 3.8) is 0 Å². The second-order valence-corrected chi connectivity index (χ2v) is 5.10. The average Bonchev–Trinajstić information content (AvgIpc) is 2.83. The summed E-state index contributed by atoms with van der Waals surface area (Å²) in [5, 5.41) is 1.32. The van der Waals surface area contributed by atoms with Crippen LogP contribution in [0.2, 0.25) is 0 Å². The zero-order valence-corrected chi connectivity index (χ0v) is 12.0. The van der Waals surface area contributed by atoms with Crippen LogP contribution in [0, 0.1) is 0 Å². The first-order valence-electron chi connectivity index (χ1n) is 6.94. The van der Waals surface area contributed by atoms with Crippen molar-refractivity contribution in [2.24, 2.45) is 7.05 Å². The molecule has 1 aromatic heterocycles. The minimum absolute atomic E-state index is 0.915. The van der Waals surface area contributed by atoms with Crippen molar-refractivity contribution in [2.75, 3.05) is 7.11 Å². The molecule has 0 spiro atoms. The number of methoxy groups -OCH3 is 1. The number of rotatable bonds is 4. The van der Waals surface area contributed by atoms with Gasteiger partial charge in [-0.1, -0.05) is 30.3 Å². The molecule has 2 nitrogen and oxygen atoms in total. The molecule has 0 radical (unpaired) electrons. The second kappa shape index (κ2) is 5.41. The zero-order valence-electron chi connectivity index (χ0n) is 12.0. The largest absolute Gasteiger partial charge is 0.497 e. The van der Waals surface area contributed by atoms with E-state index in [0.717, 1.165) is 18.6 Å². The van der Waals surface area contributed by atoms with Crippen molar-refractivity contribution in [1.82, 2.24) is 4.57 Å². The lowest BCUT2D eigenvalue weighted by Crippen LogP contribution is -1.98. The SMILES string of the molecule is COc1ccc(CCc2cc3ccccc3n2C)cc1. The summed E-state index contributed by atoms with van der Waals surface area (Å²) in [6.45, 7) is 0. The maximum atomic E-state index is 5.19. The molecule has 0 aliphatic carbocycles. The second-order valence-electron chi connectivity index (χ2n) is 5.10. The predicted molar refractivity (Wildman–Crippen MR) is 83.3 cm³/mol. The van der Waals surface area contributed by atoms with Gasteiger partial charge in [-0.2, -0.15) is 0 Å². The lowest BCUT2D eigenvalue weighted by atomic mass is 10.1. The van der Waals surface area contributed by atoms with Crippen molar-refractivity contribution in [2.45, 2.75) is 12.8 Å². The van der Waals surface area contributed by atoms with Crippen molar-refractivity contribution in [1.29, 1.82) is 0 Å².